The van der Waals surface area contributed by atoms with Crippen molar-refractivity contribution in [2.75, 3.05) is 0 Å². The molecule has 0 aliphatic carbocycles. The average Bonchev–Trinajstić information content (AvgIpc) is 2.75. The highest BCUT2D eigenvalue weighted by atomic mass is 32.1. The van der Waals surface area contributed by atoms with Crippen molar-refractivity contribution in [1.82, 2.24) is 10.1 Å². The quantitative estimate of drug-likeness (QED) is 0.737. The first-order chi connectivity index (χ1) is 6.27. The lowest BCUT2D eigenvalue weighted by molar-refractivity contribution is 0.365. The molecule has 2 rings (SSSR count). The van der Waals surface area contributed by atoms with Crippen molar-refractivity contribution < 1.29 is 4.52 Å². The molecule has 0 atom stereocenters. The van der Waals surface area contributed by atoms with Crippen molar-refractivity contribution in [3.63, 3.8) is 0 Å². The number of aromatic nitrogens is 2. The molecule has 4 heteroatoms. The summed E-state index contributed by atoms with van der Waals surface area (Å²) in [6.07, 6.45) is 0. The molecule has 0 aliphatic heterocycles. The van der Waals surface area contributed by atoms with Gasteiger partial charge in [-0.1, -0.05) is 19.0 Å². The second-order valence-corrected chi connectivity index (χ2v) is 3.90. The highest BCUT2D eigenvalue weighted by Gasteiger charge is 2.10. The molecule has 0 N–H and O–H groups in total. The van der Waals surface area contributed by atoms with Crippen molar-refractivity contribution in [1.29, 1.82) is 0 Å². The molecular formula is C9H10N2OS. The van der Waals surface area contributed by atoms with E-state index in [4.69, 9.17) is 4.52 Å². The first-order valence-corrected chi connectivity index (χ1v) is 5.08. The molecule has 0 amide bonds. The third kappa shape index (κ3) is 1.62. The van der Waals surface area contributed by atoms with Crippen LogP contribution in [0.2, 0.25) is 0 Å². The Morgan fingerprint density at radius 3 is 2.85 bits per heavy atom. The molecular weight excluding hydrogens is 184 g/mol. The van der Waals surface area contributed by atoms with Crippen LogP contribution in [0.1, 0.15) is 25.7 Å². The van der Waals surface area contributed by atoms with Crippen LogP contribution in [0.4, 0.5) is 0 Å². The van der Waals surface area contributed by atoms with E-state index in [0.29, 0.717) is 17.6 Å². The van der Waals surface area contributed by atoms with Gasteiger partial charge < -0.3 is 4.52 Å². The van der Waals surface area contributed by atoms with Gasteiger partial charge in [-0.3, -0.25) is 0 Å². The fourth-order valence-electron chi connectivity index (χ4n) is 0.979. The summed E-state index contributed by atoms with van der Waals surface area (Å²) in [6, 6.07) is 1.99. The van der Waals surface area contributed by atoms with Crippen LogP contribution in [-0.4, -0.2) is 10.1 Å². The van der Waals surface area contributed by atoms with Gasteiger partial charge in [0.1, 0.15) is 0 Å². The zero-order chi connectivity index (χ0) is 9.26. The molecule has 0 aliphatic rings. The molecule has 2 aromatic rings. The minimum Gasteiger partial charge on any atom is -0.339 e. The molecule has 0 unspecified atom stereocenters. The largest absolute Gasteiger partial charge is 0.339 e. The summed E-state index contributed by atoms with van der Waals surface area (Å²) in [5, 5.41) is 7.91. The summed E-state index contributed by atoms with van der Waals surface area (Å²) in [7, 11) is 0. The molecule has 3 nitrogen and oxygen atoms in total. The molecule has 0 fully saturated rings. The molecule has 13 heavy (non-hydrogen) atoms. The Bertz CT molecular complexity index is 378. The molecule has 0 aromatic carbocycles. The normalized spacial score (nSPS) is 11.0. The highest BCUT2D eigenvalue weighted by Crippen LogP contribution is 2.21. The average molecular weight is 194 g/mol. The molecule has 0 radical (unpaired) electrons. The van der Waals surface area contributed by atoms with Gasteiger partial charge in [0.05, 0.1) is 0 Å². The van der Waals surface area contributed by atoms with Crippen LogP contribution in [0.25, 0.3) is 11.4 Å². The minimum atomic E-state index is 0.292. The van der Waals surface area contributed by atoms with Crippen molar-refractivity contribution >= 4 is 11.3 Å². The van der Waals surface area contributed by atoms with E-state index in [2.05, 4.69) is 10.1 Å². The standard InChI is InChI=1S/C9H10N2OS/c1-6(2)9-10-8(11-12-9)7-3-4-13-5-7/h3-6H,1-2H3. The van der Waals surface area contributed by atoms with E-state index in [-0.39, 0.29) is 0 Å². The van der Waals surface area contributed by atoms with Gasteiger partial charge >= 0.3 is 0 Å². The van der Waals surface area contributed by atoms with Gasteiger partial charge in [-0.15, -0.1) is 0 Å². The minimum absolute atomic E-state index is 0.292. The lowest BCUT2D eigenvalue weighted by atomic mass is 10.2. The van der Waals surface area contributed by atoms with Crippen molar-refractivity contribution in [3.8, 4) is 11.4 Å². The first-order valence-electron chi connectivity index (χ1n) is 4.13. The van der Waals surface area contributed by atoms with Crippen LogP contribution in [0, 0.1) is 0 Å². The maximum atomic E-state index is 5.09. The van der Waals surface area contributed by atoms with E-state index < -0.39 is 0 Å². The van der Waals surface area contributed by atoms with Crippen LogP contribution < -0.4 is 0 Å². The smallest absolute Gasteiger partial charge is 0.229 e. The van der Waals surface area contributed by atoms with Gasteiger partial charge in [-0.25, -0.2) is 0 Å². The highest BCUT2D eigenvalue weighted by molar-refractivity contribution is 7.08. The topological polar surface area (TPSA) is 38.9 Å². The van der Waals surface area contributed by atoms with Crippen molar-refractivity contribution in [2.24, 2.45) is 0 Å². The first kappa shape index (κ1) is 8.44. The van der Waals surface area contributed by atoms with E-state index in [0.717, 1.165) is 5.56 Å². The molecule has 0 bridgehead atoms. The molecule has 0 spiro atoms. The maximum absolute atomic E-state index is 5.09. The Morgan fingerprint density at radius 1 is 1.46 bits per heavy atom. The SMILES string of the molecule is CC(C)c1nc(-c2ccsc2)no1. The summed E-state index contributed by atoms with van der Waals surface area (Å²) in [6.45, 7) is 4.07. The Kier molecular flexibility index (Phi) is 2.14. The van der Waals surface area contributed by atoms with Gasteiger partial charge in [0.2, 0.25) is 11.7 Å². The van der Waals surface area contributed by atoms with Crippen LogP contribution in [-0.2, 0) is 0 Å². The van der Waals surface area contributed by atoms with Crippen LogP contribution in [0.15, 0.2) is 21.3 Å². The Balaban J connectivity index is 2.33. The van der Waals surface area contributed by atoms with E-state index >= 15 is 0 Å². The van der Waals surface area contributed by atoms with E-state index in [9.17, 15) is 0 Å². The van der Waals surface area contributed by atoms with Gasteiger partial charge in [-0.05, 0) is 11.4 Å². The van der Waals surface area contributed by atoms with Crippen LogP contribution in [0.5, 0.6) is 0 Å². The fraction of sp³-hybridized carbons (Fsp3) is 0.333. The summed E-state index contributed by atoms with van der Waals surface area (Å²) in [5.74, 6) is 1.67. The number of rotatable bonds is 2. The summed E-state index contributed by atoms with van der Waals surface area (Å²) in [5.41, 5.74) is 1.03. The Labute approximate surface area is 80.4 Å². The van der Waals surface area contributed by atoms with E-state index in [1.54, 1.807) is 11.3 Å². The van der Waals surface area contributed by atoms with E-state index in [1.807, 2.05) is 30.7 Å². The van der Waals surface area contributed by atoms with Gasteiger partial charge in [0, 0.05) is 16.9 Å². The number of hydrogen-bond acceptors (Lipinski definition) is 4. The zero-order valence-corrected chi connectivity index (χ0v) is 8.34. The summed E-state index contributed by atoms with van der Waals surface area (Å²) < 4.78 is 5.09. The Morgan fingerprint density at radius 2 is 2.31 bits per heavy atom. The lowest BCUT2D eigenvalue weighted by Gasteiger charge is -1.91. The molecule has 0 saturated heterocycles. The second-order valence-electron chi connectivity index (χ2n) is 3.12. The van der Waals surface area contributed by atoms with E-state index in [1.165, 1.54) is 0 Å². The Hall–Kier alpha value is -1.16. The van der Waals surface area contributed by atoms with Crippen molar-refractivity contribution in [2.45, 2.75) is 19.8 Å². The second kappa shape index (κ2) is 3.30. The fourth-order valence-corrected chi connectivity index (χ4v) is 1.61. The maximum Gasteiger partial charge on any atom is 0.229 e. The summed E-state index contributed by atoms with van der Waals surface area (Å²) >= 11 is 1.63. The van der Waals surface area contributed by atoms with Crippen LogP contribution in [0.3, 0.4) is 0 Å². The number of thiophene rings is 1. The van der Waals surface area contributed by atoms with Gasteiger partial charge in [-0.2, -0.15) is 16.3 Å². The predicted molar refractivity (Wildman–Crippen MR) is 51.7 cm³/mol. The van der Waals surface area contributed by atoms with Gasteiger partial charge in [0.25, 0.3) is 0 Å². The number of hydrogen-bond donors (Lipinski definition) is 0. The van der Waals surface area contributed by atoms with Gasteiger partial charge in [0.15, 0.2) is 0 Å². The monoisotopic (exact) mass is 194 g/mol. The molecule has 2 aromatic heterocycles. The lowest BCUT2D eigenvalue weighted by Crippen LogP contribution is -1.85. The number of nitrogens with zero attached hydrogens (tertiary/aromatic N) is 2. The van der Waals surface area contributed by atoms with Crippen molar-refractivity contribution in [3.05, 3.63) is 22.7 Å². The molecule has 68 valence electrons. The zero-order valence-electron chi connectivity index (χ0n) is 7.52. The third-order valence-corrected chi connectivity index (χ3v) is 2.40. The molecule has 0 saturated carbocycles. The molecule has 2 heterocycles. The predicted octanol–water partition coefficient (Wildman–Crippen LogP) is 2.92. The summed E-state index contributed by atoms with van der Waals surface area (Å²) in [4.78, 5) is 4.28. The third-order valence-electron chi connectivity index (χ3n) is 1.72. The van der Waals surface area contributed by atoms with Crippen LogP contribution >= 0.6 is 11.3 Å².